The van der Waals surface area contributed by atoms with Gasteiger partial charge in [-0.05, 0) is 30.9 Å². The molecular weight excluding hydrogens is 263 g/mol. The van der Waals surface area contributed by atoms with Crippen molar-refractivity contribution in [2.45, 2.75) is 19.4 Å². The van der Waals surface area contributed by atoms with Gasteiger partial charge in [0.15, 0.2) is 0 Å². The largest absolute Gasteiger partial charge is 0.475 e. The van der Waals surface area contributed by atoms with Gasteiger partial charge in [-0.2, -0.15) is 0 Å². The Bertz CT molecular complexity index is 647. The number of benzene rings is 1. The van der Waals surface area contributed by atoms with Crippen LogP contribution in [0.1, 0.15) is 23.5 Å². The third-order valence-corrected chi connectivity index (χ3v) is 3.69. The Labute approximate surface area is 115 Å². The summed E-state index contributed by atoms with van der Waals surface area (Å²) in [6.45, 7) is 1.80. The smallest absolute Gasteiger partial charge is 0.372 e. The lowest BCUT2D eigenvalue weighted by molar-refractivity contribution is 0.0594. The number of rotatable bonds is 3. The molecule has 3 rings (SSSR count). The fourth-order valence-electron chi connectivity index (χ4n) is 2.67. The Hall–Kier alpha value is -1.95. The molecule has 0 unspecified atom stereocenters. The van der Waals surface area contributed by atoms with E-state index in [2.05, 4.69) is 4.98 Å². The molecule has 20 heavy (non-hydrogen) atoms. The Kier molecular flexibility index (Phi) is 3.40. The van der Waals surface area contributed by atoms with Crippen molar-refractivity contribution in [3.05, 3.63) is 29.8 Å². The first-order valence-corrected chi connectivity index (χ1v) is 6.62. The second-order valence-electron chi connectivity index (χ2n) is 5.01. The molecule has 1 saturated heterocycles. The average molecular weight is 278 g/mol. The molecule has 6 heteroatoms. The maximum Gasteiger partial charge on any atom is 0.372 e. The van der Waals surface area contributed by atoms with Crippen LogP contribution in [0.2, 0.25) is 0 Å². The van der Waals surface area contributed by atoms with E-state index in [0.717, 1.165) is 12.8 Å². The van der Waals surface area contributed by atoms with E-state index in [1.807, 2.05) is 0 Å². The van der Waals surface area contributed by atoms with Crippen molar-refractivity contribution in [3.8, 4) is 0 Å². The fourth-order valence-corrected chi connectivity index (χ4v) is 2.67. The molecular formula is C14H15FN2O3. The number of hydrogen-bond donors (Lipinski definition) is 1. The number of imidazole rings is 1. The standard InChI is InChI=1S/C14H15FN2O3/c15-10-2-1-3-11-12(10)17(13(16-11)14(18)19)8-9-4-6-20-7-5-9/h1-3,9H,4-8H2,(H,18,19). The van der Waals surface area contributed by atoms with Crippen LogP contribution in [-0.4, -0.2) is 33.8 Å². The molecule has 0 bridgehead atoms. The quantitative estimate of drug-likeness (QED) is 0.935. The normalized spacial score (nSPS) is 16.6. The van der Waals surface area contributed by atoms with Crippen LogP contribution in [-0.2, 0) is 11.3 Å². The van der Waals surface area contributed by atoms with E-state index in [1.54, 1.807) is 6.07 Å². The molecule has 1 fully saturated rings. The molecule has 0 amide bonds. The molecule has 0 aliphatic carbocycles. The van der Waals surface area contributed by atoms with Crippen LogP contribution in [0.25, 0.3) is 11.0 Å². The van der Waals surface area contributed by atoms with Crippen LogP contribution in [0.3, 0.4) is 0 Å². The first kappa shape index (κ1) is 13.1. The minimum Gasteiger partial charge on any atom is -0.475 e. The molecule has 1 aromatic heterocycles. The molecule has 2 heterocycles. The van der Waals surface area contributed by atoms with Crippen molar-refractivity contribution >= 4 is 17.0 Å². The zero-order valence-corrected chi connectivity index (χ0v) is 10.9. The molecule has 1 aromatic carbocycles. The van der Waals surface area contributed by atoms with E-state index in [9.17, 15) is 14.3 Å². The molecule has 1 aliphatic rings. The SMILES string of the molecule is O=C(O)c1nc2cccc(F)c2n1CC1CCOCC1. The Morgan fingerprint density at radius 3 is 2.90 bits per heavy atom. The van der Waals surface area contributed by atoms with Gasteiger partial charge < -0.3 is 14.4 Å². The highest BCUT2D eigenvalue weighted by atomic mass is 19.1. The fraction of sp³-hybridized carbons (Fsp3) is 0.429. The van der Waals surface area contributed by atoms with E-state index in [4.69, 9.17) is 4.74 Å². The van der Waals surface area contributed by atoms with Gasteiger partial charge in [-0.25, -0.2) is 14.2 Å². The van der Waals surface area contributed by atoms with Gasteiger partial charge in [0, 0.05) is 19.8 Å². The lowest BCUT2D eigenvalue weighted by Crippen LogP contribution is -2.22. The maximum atomic E-state index is 14.0. The van der Waals surface area contributed by atoms with Crippen molar-refractivity contribution in [1.29, 1.82) is 0 Å². The van der Waals surface area contributed by atoms with Gasteiger partial charge in [0.1, 0.15) is 11.3 Å². The van der Waals surface area contributed by atoms with Crippen LogP contribution in [0.15, 0.2) is 18.2 Å². The molecule has 0 saturated carbocycles. The molecule has 0 radical (unpaired) electrons. The van der Waals surface area contributed by atoms with Gasteiger partial charge in [0.05, 0.1) is 5.52 Å². The van der Waals surface area contributed by atoms with Gasteiger partial charge in [-0.3, -0.25) is 0 Å². The van der Waals surface area contributed by atoms with E-state index in [1.165, 1.54) is 16.7 Å². The third kappa shape index (κ3) is 2.27. The Balaban J connectivity index is 2.06. The lowest BCUT2D eigenvalue weighted by Gasteiger charge is -2.23. The van der Waals surface area contributed by atoms with E-state index in [0.29, 0.717) is 31.2 Å². The van der Waals surface area contributed by atoms with Gasteiger partial charge in [0.2, 0.25) is 5.82 Å². The molecule has 2 aromatic rings. The molecule has 106 valence electrons. The number of aromatic carboxylic acids is 1. The number of aromatic nitrogens is 2. The molecule has 0 spiro atoms. The van der Waals surface area contributed by atoms with Crippen molar-refractivity contribution in [2.75, 3.05) is 13.2 Å². The van der Waals surface area contributed by atoms with Crippen LogP contribution < -0.4 is 0 Å². The van der Waals surface area contributed by atoms with Crippen LogP contribution in [0.4, 0.5) is 4.39 Å². The minimum atomic E-state index is -1.13. The number of carboxylic acids is 1. The number of hydrogen-bond acceptors (Lipinski definition) is 3. The van der Waals surface area contributed by atoms with Gasteiger partial charge in [0.25, 0.3) is 0 Å². The van der Waals surface area contributed by atoms with Crippen LogP contribution in [0.5, 0.6) is 0 Å². The van der Waals surface area contributed by atoms with Crippen molar-refractivity contribution in [3.63, 3.8) is 0 Å². The number of fused-ring (bicyclic) bond motifs is 1. The predicted molar refractivity (Wildman–Crippen MR) is 70.2 cm³/mol. The van der Waals surface area contributed by atoms with Gasteiger partial charge in [-0.1, -0.05) is 6.07 Å². The highest BCUT2D eigenvalue weighted by molar-refractivity contribution is 5.90. The monoisotopic (exact) mass is 278 g/mol. The minimum absolute atomic E-state index is 0.100. The number of para-hydroxylation sites is 1. The summed E-state index contributed by atoms with van der Waals surface area (Å²) in [4.78, 5) is 15.3. The maximum absolute atomic E-state index is 14.0. The highest BCUT2D eigenvalue weighted by Crippen LogP contribution is 2.24. The Morgan fingerprint density at radius 2 is 2.20 bits per heavy atom. The summed E-state index contributed by atoms with van der Waals surface area (Å²) in [5, 5.41) is 9.26. The number of nitrogens with zero attached hydrogens (tertiary/aromatic N) is 2. The third-order valence-electron chi connectivity index (χ3n) is 3.69. The van der Waals surface area contributed by atoms with E-state index in [-0.39, 0.29) is 11.3 Å². The van der Waals surface area contributed by atoms with Crippen LogP contribution >= 0.6 is 0 Å². The summed E-state index contributed by atoms with van der Waals surface area (Å²) in [6, 6.07) is 4.50. The summed E-state index contributed by atoms with van der Waals surface area (Å²) in [5.74, 6) is -1.38. The predicted octanol–water partition coefficient (Wildman–Crippen LogP) is 2.30. The van der Waals surface area contributed by atoms with Crippen molar-refractivity contribution < 1.29 is 19.0 Å². The summed E-state index contributed by atoms with van der Waals surface area (Å²) in [7, 11) is 0. The molecule has 0 atom stereocenters. The van der Waals surface area contributed by atoms with E-state index < -0.39 is 11.8 Å². The second kappa shape index (κ2) is 5.20. The first-order chi connectivity index (χ1) is 9.66. The topological polar surface area (TPSA) is 64.3 Å². The summed E-state index contributed by atoms with van der Waals surface area (Å²) < 4.78 is 20.8. The van der Waals surface area contributed by atoms with Crippen molar-refractivity contribution in [1.82, 2.24) is 9.55 Å². The summed E-state index contributed by atoms with van der Waals surface area (Å²) in [6.07, 6.45) is 1.71. The van der Waals surface area contributed by atoms with E-state index >= 15 is 0 Å². The van der Waals surface area contributed by atoms with Gasteiger partial charge in [-0.15, -0.1) is 0 Å². The lowest BCUT2D eigenvalue weighted by atomic mass is 10.0. The zero-order chi connectivity index (χ0) is 14.1. The number of halogens is 1. The summed E-state index contributed by atoms with van der Waals surface area (Å²) >= 11 is 0. The number of carbonyl (C=O) groups is 1. The first-order valence-electron chi connectivity index (χ1n) is 6.62. The van der Waals surface area contributed by atoms with Crippen molar-refractivity contribution in [2.24, 2.45) is 5.92 Å². The number of carboxylic acid groups (broad SMARTS) is 1. The summed E-state index contributed by atoms with van der Waals surface area (Å²) in [5.41, 5.74) is 0.658. The number of ether oxygens (including phenoxy) is 1. The van der Waals surface area contributed by atoms with Crippen LogP contribution in [0, 0.1) is 11.7 Å². The Morgan fingerprint density at radius 1 is 1.45 bits per heavy atom. The zero-order valence-electron chi connectivity index (χ0n) is 10.9. The molecule has 1 N–H and O–H groups in total. The second-order valence-corrected chi connectivity index (χ2v) is 5.01. The molecule has 1 aliphatic heterocycles. The van der Waals surface area contributed by atoms with Gasteiger partial charge >= 0.3 is 5.97 Å². The average Bonchev–Trinajstić information content (AvgIpc) is 2.80. The molecule has 5 nitrogen and oxygen atoms in total. The highest BCUT2D eigenvalue weighted by Gasteiger charge is 2.23.